The number of amides is 2. The van der Waals surface area contributed by atoms with Gasteiger partial charge in [-0.05, 0) is 24.6 Å². The van der Waals surface area contributed by atoms with Crippen LogP contribution in [0.25, 0.3) is 11.3 Å². The van der Waals surface area contributed by atoms with E-state index in [1.807, 2.05) is 55.5 Å². The number of benzene rings is 2. The third-order valence-corrected chi connectivity index (χ3v) is 5.83. The predicted molar refractivity (Wildman–Crippen MR) is 122 cm³/mol. The number of anilines is 2. The van der Waals surface area contributed by atoms with E-state index in [9.17, 15) is 14.4 Å². The van der Waals surface area contributed by atoms with Gasteiger partial charge in [-0.25, -0.2) is 9.99 Å². The molecule has 1 aliphatic rings. The zero-order valence-electron chi connectivity index (χ0n) is 17.1. The lowest BCUT2D eigenvalue weighted by Crippen LogP contribution is -2.36. The molecule has 0 saturated carbocycles. The molecule has 4 rings (SSSR count). The molecule has 0 saturated heterocycles. The fourth-order valence-corrected chi connectivity index (χ4v) is 4.13. The summed E-state index contributed by atoms with van der Waals surface area (Å²) in [5.74, 6) is -0.724. The number of nitrogens with zero attached hydrogens (tertiary/aromatic N) is 3. The van der Waals surface area contributed by atoms with Gasteiger partial charge in [-0.1, -0.05) is 53.8 Å². The van der Waals surface area contributed by atoms with Crippen molar-refractivity contribution in [1.82, 2.24) is 4.98 Å². The molecule has 2 heterocycles. The van der Waals surface area contributed by atoms with Gasteiger partial charge in [0.2, 0.25) is 5.91 Å². The van der Waals surface area contributed by atoms with Crippen LogP contribution in [-0.4, -0.2) is 28.3 Å². The second kappa shape index (κ2) is 8.61. The van der Waals surface area contributed by atoms with Crippen molar-refractivity contribution >= 4 is 45.5 Å². The maximum absolute atomic E-state index is 12.8. The number of aromatic nitrogens is 1. The van der Waals surface area contributed by atoms with Gasteiger partial charge in [0.25, 0.3) is 5.91 Å². The molecule has 31 heavy (non-hydrogen) atoms. The molecular formula is C23H20N4O3S. The Bertz CT molecular complexity index is 1200. The van der Waals surface area contributed by atoms with Crippen molar-refractivity contribution in [3.05, 3.63) is 65.0 Å². The third kappa shape index (κ3) is 4.44. The van der Waals surface area contributed by atoms with Crippen LogP contribution in [0, 0.1) is 6.92 Å². The van der Waals surface area contributed by atoms with Crippen LogP contribution in [0.15, 0.2) is 59.7 Å². The lowest BCUT2D eigenvalue weighted by atomic mass is 10.1. The summed E-state index contributed by atoms with van der Waals surface area (Å²) in [4.78, 5) is 42.2. The number of Topliss-reactive ketones (excluding diaryl/α,β-unsaturated/α-hetero) is 1. The lowest BCUT2D eigenvalue weighted by Gasteiger charge is -2.23. The monoisotopic (exact) mass is 432 g/mol. The Morgan fingerprint density at radius 3 is 2.55 bits per heavy atom. The molecule has 0 atom stereocenters. The highest BCUT2D eigenvalue weighted by atomic mass is 32.1. The van der Waals surface area contributed by atoms with Crippen molar-refractivity contribution in [3.8, 4) is 11.3 Å². The van der Waals surface area contributed by atoms with E-state index in [-0.39, 0.29) is 30.2 Å². The minimum Gasteiger partial charge on any atom is -0.297 e. The Hall–Kier alpha value is -3.65. The van der Waals surface area contributed by atoms with Gasteiger partial charge >= 0.3 is 0 Å². The van der Waals surface area contributed by atoms with Crippen LogP contribution in [0.3, 0.4) is 0 Å². The van der Waals surface area contributed by atoms with Crippen molar-refractivity contribution in [3.63, 3.8) is 0 Å². The molecule has 156 valence electrons. The second-order valence-corrected chi connectivity index (χ2v) is 8.16. The number of carbonyl (C=O) groups is 3. The molecule has 2 aromatic carbocycles. The van der Waals surface area contributed by atoms with E-state index in [1.54, 1.807) is 6.07 Å². The molecule has 1 N–H and O–H groups in total. The Labute approximate surface area is 183 Å². The Balaban J connectivity index is 1.60. The molecule has 0 unspecified atom stereocenters. The summed E-state index contributed by atoms with van der Waals surface area (Å²) in [6.07, 6.45) is 0.426. The van der Waals surface area contributed by atoms with Crippen LogP contribution in [0.4, 0.5) is 10.8 Å². The Kier molecular flexibility index (Phi) is 5.73. The molecule has 3 aromatic rings. The SMILES string of the molecule is CC(=O)c1sc(NC(=O)C2=NN(c3cccc(C)c3)C(=O)CC2)nc1-c1ccccc1. The van der Waals surface area contributed by atoms with Gasteiger partial charge in [-0.3, -0.25) is 19.7 Å². The number of carbonyl (C=O) groups excluding carboxylic acids is 3. The molecule has 1 aliphatic heterocycles. The average Bonchev–Trinajstić information content (AvgIpc) is 3.19. The van der Waals surface area contributed by atoms with Gasteiger partial charge in [0.15, 0.2) is 10.9 Å². The van der Waals surface area contributed by atoms with Gasteiger partial charge in [0.05, 0.1) is 16.3 Å². The number of hydrogen-bond donors (Lipinski definition) is 1. The Morgan fingerprint density at radius 1 is 1.06 bits per heavy atom. The number of aryl methyl sites for hydroxylation is 1. The van der Waals surface area contributed by atoms with E-state index < -0.39 is 5.91 Å². The first-order chi connectivity index (χ1) is 14.9. The maximum Gasteiger partial charge on any atom is 0.273 e. The average molecular weight is 433 g/mol. The molecule has 1 aromatic heterocycles. The van der Waals surface area contributed by atoms with Gasteiger partial charge in [-0.2, -0.15) is 5.10 Å². The van der Waals surface area contributed by atoms with Crippen LogP contribution in [-0.2, 0) is 9.59 Å². The van der Waals surface area contributed by atoms with Crippen LogP contribution in [0.5, 0.6) is 0 Å². The number of ketones is 1. The second-order valence-electron chi connectivity index (χ2n) is 7.16. The van der Waals surface area contributed by atoms with E-state index in [0.29, 0.717) is 21.4 Å². The number of rotatable bonds is 5. The van der Waals surface area contributed by atoms with E-state index in [1.165, 1.54) is 11.9 Å². The highest BCUT2D eigenvalue weighted by molar-refractivity contribution is 7.18. The fourth-order valence-electron chi connectivity index (χ4n) is 3.25. The first-order valence-corrected chi connectivity index (χ1v) is 10.6. The first-order valence-electron chi connectivity index (χ1n) is 9.78. The smallest absolute Gasteiger partial charge is 0.273 e. The minimum absolute atomic E-state index is 0.122. The highest BCUT2D eigenvalue weighted by Gasteiger charge is 2.27. The summed E-state index contributed by atoms with van der Waals surface area (Å²) in [5.41, 5.74) is 3.19. The molecule has 0 fully saturated rings. The molecule has 0 spiro atoms. The summed E-state index contributed by atoms with van der Waals surface area (Å²) in [7, 11) is 0. The largest absolute Gasteiger partial charge is 0.297 e. The lowest BCUT2D eigenvalue weighted by molar-refractivity contribution is -0.118. The fraction of sp³-hybridized carbons (Fsp3) is 0.174. The van der Waals surface area contributed by atoms with E-state index in [4.69, 9.17) is 0 Å². The minimum atomic E-state index is -0.436. The van der Waals surface area contributed by atoms with Gasteiger partial charge < -0.3 is 0 Å². The zero-order valence-corrected chi connectivity index (χ0v) is 17.9. The number of hydrazone groups is 1. The van der Waals surface area contributed by atoms with Gasteiger partial charge in [-0.15, -0.1) is 0 Å². The number of nitrogens with one attached hydrogen (secondary N) is 1. The van der Waals surface area contributed by atoms with E-state index >= 15 is 0 Å². The number of hydrogen-bond acceptors (Lipinski definition) is 6. The summed E-state index contributed by atoms with van der Waals surface area (Å²) in [5, 5.41) is 8.62. The van der Waals surface area contributed by atoms with Crippen LogP contribution >= 0.6 is 11.3 Å². The topological polar surface area (TPSA) is 91.7 Å². The zero-order chi connectivity index (χ0) is 22.0. The summed E-state index contributed by atoms with van der Waals surface area (Å²) in [6, 6.07) is 16.7. The van der Waals surface area contributed by atoms with E-state index in [2.05, 4.69) is 15.4 Å². The number of thiazole rings is 1. The van der Waals surface area contributed by atoms with Crippen molar-refractivity contribution < 1.29 is 14.4 Å². The predicted octanol–water partition coefficient (Wildman–Crippen LogP) is 4.44. The van der Waals surface area contributed by atoms with Crippen LogP contribution < -0.4 is 10.3 Å². The summed E-state index contributed by atoms with van der Waals surface area (Å²) in [6.45, 7) is 3.40. The molecule has 0 radical (unpaired) electrons. The third-order valence-electron chi connectivity index (χ3n) is 4.76. The molecular weight excluding hydrogens is 412 g/mol. The summed E-state index contributed by atoms with van der Waals surface area (Å²) < 4.78 is 0. The van der Waals surface area contributed by atoms with Crippen LogP contribution in [0.2, 0.25) is 0 Å². The van der Waals surface area contributed by atoms with Crippen molar-refractivity contribution in [2.24, 2.45) is 5.10 Å². The van der Waals surface area contributed by atoms with Crippen molar-refractivity contribution in [1.29, 1.82) is 0 Å². The van der Waals surface area contributed by atoms with Crippen LogP contribution in [0.1, 0.15) is 35.0 Å². The van der Waals surface area contributed by atoms with Gasteiger partial charge in [0.1, 0.15) is 5.71 Å². The molecule has 7 nitrogen and oxygen atoms in total. The first kappa shape index (κ1) is 20.6. The van der Waals surface area contributed by atoms with E-state index in [0.717, 1.165) is 22.5 Å². The van der Waals surface area contributed by atoms with Gasteiger partial charge in [0, 0.05) is 25.3 Å². The molecule has 0 aliphatic carbocycles. The molecule has 2 amide bonds. The maximum atomic E-state index is 12.8. The molecule has 0 bridgehead atoms. The summed E-state index contributed by atoms with van der Waals surface area (Å²) >= 11 is 1.13. The Morgan fingerprint density at radius 2 is 1.84 bits per heavy atom. The standard InChI is InChI=1S/C23H20N4O3S/c1-14-7-6-10-17(13-14)27-19(29)12-11-18(26-27)22(30)25-23-24-20(21(31-23)15(2)28)16-8-4-3-5-9-16/h3-10,13H,11-12H2,1-2H3,(H,24,25,30). The molecule has 8 heteroatoms. The highest BCUT2D eigenvalue weighted by Crippen LogP contribution is 2.31. The quantitative estimate of drug-likeness (QED) is 0.603. The van der Waals surface area contributed by atoms with Crippen molar-refractivity contribution in [2.75, 3.05) is 10.3 Å². The normalized spacial score (nSPS) is 13.7. The van der Waals surface area contributed by atoms with Crippen molar-refractivity contribution in [2.45, 2.75) is 26.7 Å².